The Labute approximate surface area is 189 Å². The van der Waals surface area contributed by atoms with Crippen LogP contribution in [0.5, 0.6) is 5.75 Å². The van der Waals surface area contributed by atoms with Gasteiger partial charge in [0.1, 0.15) is 11.8 Å². The van der Waals surface area contributed by atoms with Crippen molar-refractivity contribution >= 4 is 5.91 Å². The zero-order valence-corrected chi connectivity index (χ0v) is 18.1. The average molecular weight is 459 g/mol. The van der Waals surface area contributed by atoms with Crippen molar-refractivity contribution in [1.82, 2.24) is 15.0 Å². The van der Waals surface area contributed by atoms with Gasteiger partial charge in [-0.2, -0.15) is 18.2 Å². The van der Waals surface area contributed by atoms with E-state index in [2.05, 4.69) is 17.1 Å². The number of ether oxygens (including phenoxy) is 1. The van der Waals surface area contributed by atoms with E-state index in [-0.39, 0.29) is 24.8 Å². The Morgan fingerprint density at radius 3 is 2.70 bits per heavy atom. The van der Waals surface area contributed by atoms with Gasteiger partial charge in [0.05, 0.1) is 12.2 Å². The van der Waals surface area contributed by atoms with Crippen LogP contribution in [0.25, 0.3) is 11.4 Å². The highest BCUT2D eigenvalue weighted by molar-refractivity contribution is 5.78. The molecule has 0 N–H and O–H groups in total. The van der Waals surface area contributed by atoms with Crippen molar-refractivity contribution in [3.05, 3.63) is 65.5 Å². The molecule has 4 rings (SSSR count). The summed E-state index contributed by atoms with van der Waals surface area (Å²) in [4.78, 5) is 18.4. The van der Waals surface area contributed by atoms with E-state index in [0.29, 0.717) is 24.4 Å². The Morgan fingerprint density at radius 2 is 1.97 bits per heavy atom. The van der Waals surface area contributed by atoms with Crippen LogP contribution < -0.4 is 4.74 Å². The quantitative estimate of drug-likeness (QED) is 0.399. The summed E-state index contributed by atoms with van der Waals surface area (Å²) in [5.74, 6) is 1.24. The number of carbonyl (C=O) groups is 1. The number of rotatable bonds is 8. The third-order valence-corrected chi connectivity index (χ3v) is 5.54. The van der Waals surface area contributed by atoms with Crippen LogP contribution in [0.2, 0.25) is 0 Å². The molecule has 0 aliphatic carbocycles. The molecule has 0 saturated carbocycles. The Morgan fingerprint density at radius 1 is 1.18 bits per heavy atom. The number of halogens is 3. The topological polar surface area (TPSA) is 68.5 Å². The zero-order chi connectivity index (χ0) is 23.4. The maximum absolute atomic E-state index is 13.0. The van der Waals surface area contributed by atoms with Crippen molar-refractivity contribution in [2.24, 2.45) is 0 Å². The summed E-state index contributed by atoms with van der Waals surface area (Å²) in [6.07, 6.45) is -1.68. The van der Waals surface area contributed by atoms with Crippen LogP contribution in [0.4, 0.5) is 13.2 Å². The summed E-state index contributed by atoms with van der Waals surface area (Å²) in [6.45, 7) is 2.79. The standard InChI is InChI=1S/C24H24F3N3O3/c1-2-3-13-32-19-9-7-17(8-10-19)22-28-23(33-29-22)20-11-12-21(31)30(20)15-16-5-4-6-18(14-16)24(25,26)27/h4-10,14,20H,2-3,11-13,15H2,1H3. The van der Waals surface area contributed by atoms with Gasteiger partial charge in [0, 0.05) is 18.5 Å². The second-order valence-electron chi connectivity index (χ2n) is 7.96. The molecule has 1 aromatic heterocycles. The predicted molar refractivity (Wildman–Crippen MR) is 114 cm³/mol. The first-order chi connectivity index (χ1) is 15.8. The van der Waals surface area contributed by atoms with Crippen LogP contribution in [0, 0.1) is 0 Å². The maximum Gasteiger partial charge on any atom is 0.416 e. The van der Waals surface area contributed by atoms with E-state index in [9.17, 15) is 18.0 Å². The minimum Gasteiger partial charge on any atom is -0.494 e. The van der Waals surface area contributed by atoms with Gasteiger partial charge in [-0.05, 0) is 54.8 Å². The number of carbonyl (C=O) groups excluding carboxylic acids is 1. The fraction of sp³-hybridized carbons (Fsp3) is 0.375. The van der Waals surface area contributed by atoms with E-state index >= 15 is 0 Å². The molecule has 1 fully saturated rings. The van der Waals surface area contributed by atoms with Crippen LogP contribution >= 0.6 is 0 Å². The van der Waals surface area contributed by atoms with E-state index in [1.807, 2.05) is 24.3 Å². The number of amides is 1. The highest BCUT2D eigenvalue weighted by Gasteiger charge is 2.36. The molecular weight excluding hydrogens is 435 g/mol. The number of benzene rings is 2. The van der Waals surface area contributed by atoms with Crippen LogP contribution in [0.15, 0.2) is 53.1 Å². The van der Waals surface area contributed by atoms with Gasteiger partial charge in [0.25, 0.3) is 0 Å². The smallest absolute Gasteiger partial charge is 0.416 e. The summed E-state index contributed by atoms with van der Waals surface area (Å²) in [6, 6.07) is 11.8. The highest BCUT2D eigenvalue weighted by Crippen LogP contribution is 2.35. The summed E-state index contributed by atoms with van der Waals surface area (Å²) in [5, 5.41) is 4.04. The second-order valence-corrected chi connectivity index (χ2v) is 7.96. The fourth-order valence-corrected chi connectivity index (χ4v) is 3.75. The number of hydrogen-bond acceptors (Lipinski definition) is 5. The van der Waals surface area contributed by atoms with Crippen molar-refractivity contribution in [1.29, 1.82) is 0 Å². The number of hydrogen-bond donors (Lipinski definition) is 0. The number of aromatic nitrogens is 2. The van der Waals surface area contributed by atoms with E-state index in [1.165, 1.54) is 11.0 Å². The molecule has 6 nitrogen and oxygen atoms in total. The summed E-state index contributed by atoms with van der Waals surface area (Å²) in [5.41, 5.74) is 0.385. The number of likely N-dealkylation sites (tertiary alicyclic amines) is 1. The lowest BCUT2D eigenvalue weighted by Crippen LogP contribution is -2.27. The summed E-state index contributed by atoms with van der Waals surface area (Å²) < 4.78 is 50.2. The van der Waals surface area contributed by atoms with Gasteiger partial charge >= 0.3 is 6.18 Å². The van der Waals surface area contributed by atoms with Crippen LogP contribution in [0.3, 0.4) is 0 Å². The number of nitrogens with zero attached hydrogens (tertiary/aromatic N) is 3. The lowest BCUT2D eigenvalue weighted by atomic mass is 10.1. The first kappa shape index (κ1) is 22.8. The molecule has 0 bridgehead atoms. The molecule has 1 saturated heterocycles. The second kappa shape index (κ2) is 9.64. The first-order valence-corrected chi connectivity index (χ1v) is 10.9. The molecule has 0 spiro atoms. The maximum atomic E-state index is 13.0. The van der Waals surface area contributed by atoms with Gasteiger partial charge in [-0.15, -0.1) is 0 Å². The van der Waals surface area contributed by atoms with Crippen molar-refractivity contribution in [2.45, 2.75) is 51.4 Å². The Kier molecular flexibility index (Phi) is 6.67. The van der Waals surface area contributed by atoms with Crippen molar-refractivity contribution in [2.75, 3.05) is 6.61 Å². The van der Waals surface area contributed by atoms with Crippen LogP contribution in [-0.2, 0) is 17.5 Å². The predicted octanol–water partition coefficient (Wildman–Crippen LogP) is 5.80. The van der Waals surface area contributed by atoms with Gasteiger partial charge in [-0.25, -0.2) is 0 Å². The van der Waals surface area contributed by atoms with Gasteiger partial charge < -0.3 is 14.2 Å². The Hall–Kier alpha value is -3.36. The van der Waals surface area contributed by atoms with E-state index < -0.39 is 17.8 Å². The largest absolute Gasteiger partial charge is 0.494 e. The zero-order valence-electron chi connectivity index (χ0n) is 18.1. The molecule has 9 heteroatoms. The number of alkyl halides is 3. The lowest BCUT2D eigenvalue weighted by Gasteiger charge is -2.22. The minimum atomic E-state index is -4.44. The fourth-order valence-electron chi connectivity index (χ4n) is 3.75. The van der Waals surface area contributed by atoms with Gasteiger partial charge in [-0.3, -0.25) is 4.79 Å². The van der Waals surface area contributed by atoms with Gasteiger partial charge in [0.15, 0.2) is 0 Å². The molecule has 1 aliphatic rings. The lowest BCUT2D eigenvalue weighted by molar-refractivity contribution is -0.137. The molecule has 1 unspecified atom stereocenters. The molecule has 2 aromatic carbocycles. The summed E-state index contributed by atoms with van der Waals surface area (Å²) in [7, 11) is 0. The molecule has 2 heterocycles. The van der Waals surface area contributed by atoms with Gasteiger partial charge in [0.2, 0.25) is 17.6 Å². The summed E-state index contributed by atoms with van der Waals surface area (Å²) >= 11 is 0. The number of unbranched alkanes of at least 4 members (excludes halogenated alkanes) is 1. The van der Waals surface area contributed by atoms with E-state index in [4.69, 9.17) is 9.26 Å². The van der Waals surface area contributed by atoms with Crippen LogP contribution in [-0.4, -0.2) is 27.6 Å². The highest BCUT2D eigenvalue weighted by atomic mass is 19.4. The Bertz CT molecular complexity index is 1100. The van der Waals surface area contributed by atoms with E-state index in [0.717, 1.165) is 36.3 Å². The molecule has 1 aliphatic heterocycles. The van der Waals surface area contributed by atoms with Crippen LogP contribution in [0.1, 0.15) is 55.7 Å². The Balaban J connectivity index is 1.48. The normalized spacial score (nSPS) is 16.4. The third-order valence-electron chi connectivity index (χ3n) is 5.54. The monoisotopic (exact) mass is 459 g/mol. The first-order valence-electron chi connectivity index (χ1n) is 10.9. The van der Waals surface area contributed by atoms with E-state index in [1.54, 1.807) is 6.07 Å². The molecule has 3 aromatic rings. The third kappa shape index (κ3) is 5.35. The molecule has 0 radical (unpaired) electrons. The van der Waals surface area contributed by atoms with Crippen molar-refractivity contribution in [3.8, 4) is 17.1 Å². The molecule has 33 heavy (non-hydrogen) atoms. The molecule has 1 atom stereocenters. The van der Waals surface area contributed by atoms with Crippen molar-refractivity contribution in [3.63, 3.8) is 0 Å². The molecular formula is C24H24F3N3O3. The molecule has 1 amide bonds. The van der Waals surface area contributed by atoms with Gasteiger partial charge in [-0.1, -0.05) is 30.6 Å². The van der Waals surface area contributed by atoms with Crippen molar-refractivity contribution < 1.29 is 27.2 Å². The molecule has 174 valence electrons. The SMILES string of the molecule is CCCCOc1ccc(-c2noc(C3CCC(=O)N3Cc3cccc(C(F)(F)F)c3)n2)cc1. The minimum absolute atomic E-state index is 0.0366. The average Bonchev–Trinajstić information content (AvgIpc) is 3.41.